The van der Waals surface area contributed by atoms with Gasteiger partial charge in [0, 0.05) is 25.7 Å². The van der Waals surface area contributed by atoms with Crippen LogP contribution in [0.1, 0.15) is 285 Å². The van der Waals surface area contributed by atoms with Crippen LogP contribution in [0.5, 0.6) is 0 Å². The molecule has 0 aromatic rings. The monoisotopic (exact) mass is 1470 g/mol. The van der Waals surface area contributed by atoms with E-state index in [0.717, 1.165) is 154 Å². The average molecular weight is 1470 g/mol. The number of carbonyl (C=O) groups is 4. The molecule has 0 amide bonds. The van der Waals surface area contributed by atoms with E-state index in [-0.39, 0.29) is 25.7 Å². The second-order valence-corrected chi connectivity index (χ2v) is 28.1. The number of rotatable bonds is 71. The second-order valence-electron chi connectivity index (χ2n) is 25.2. The van der Waals surface area contributed by atoms with Crippen LogP contribution in [0.15, 0.2) is 158 Å². The van der Waals surface area contributed by atoms with E-state index in [9.17, 15) is 43.2 Å². The third kappa shape index (κ3) is 73.0. The molecule has 0 fully saturated rings. The molecule has 0 radical (unpaired) electrons. The van der Waals surface area contributed by atoms with Crippen molar-refractivity contribution >= 4 is 39.5 Å². The number of ether oxygens (including phenoxy) is 4. The van der Waals surface area contributed by atoms with Crippen molar-refractivity contribution in [1.82, 2.24) is 0 Å². The van der Waals surface area contributed by atoms with Crippen LogP contribution >= 0.6 is 15.6 Å². The van der Waals surface area contributed by atoms with E-state index in [2.05, 4.69) is 161 Å². The molecule has 0 heterocycles. The van der Waals surface area contributed by atoms with Crippen molar-refractivity contribution in [3.63, 3.8) is 0 Å². The van der Waals surface area contributed by atoms with Crippen molar-refractivity contribution in [2.24, 2.45) is 0 Å². The maximum atomic E-state index is 13.1. The predicted molar refractivity (Wildman–Crippen MR) is 417 cm³/mol. The normalized spacial score (nSPS) is 14.8. The Labute approximate surface area is 617 Å². The number of aliphatic hydroxyl groups is 1. The summed E-state index contributed by atoms with van der Waals surface area (Å²) < 4.78 is 68.4. The van der Waals surface area contributed by atoms with Crippen molar-refractivity contribution in [3.8, 4) is 0 Å². The number of phosphoric ester groups is 2. The van der Waals surface area contributed by atoms with E-state index in [1.807, 2.05) is 24.3 Å². The highest BCUT2D eigenvalue weighted by molar-refractivity contribution is 7.47. The first-order chi connectivity index (χ1) is 49.7. The van der Waals surface area contributed by atoms with E-state index < -0.39 is 97.5 Å². The fraction of sp³-hybridized carbons (Fsp3) is 0.639. The number of phosphoric acid groups is 2. The summed E-state index contributed by atoms with van der Waals surface area (Å²) >= 11 is 0. The molecule has 0 aliphatic rings. The highest BCUT2D eigenvalue weighted by Gasteiger charge is 2.30. The first-order valence-electron chi connectivity index (χ1n) is 38.7. The smallest absolute Gasteiger partial charge is 0.462 e. The Morgan fingerprint density at radius 3 is 0.863 bits per heavy atom. The van der Waals surface area contributed by atoms with Gasteiger partial charge in [-0.25, -0.2) is 9.13 Å². The lowest BCUT2D eigenvalue weighted by Gasteiger charge is -2.21. The lowest BCUT2D eigenvalue weighted by Crippen LogP contribution is -2.30. The van der Waals surface area contributed by atoms with E-state index in [1.165, 1.54) is 38.5 Å². The van der Waals surface area contributed by atoms with Crippen molar-refractivity contribution in [2.45, 2.75) is 303 Å². The Kier molecular flexibility index (Phi) is 70.1. The fourth-order valence-corrected chi connectivity index (χ4v) is 11.2. The number of hydrogen-bond acceptors (Lipinski definition) is 15. The molecule has 3 N–H and O–H groups in total. The first kappa shape index (κ1) is 96.7. The maximum Gasteiger partial charge on any atom is 0.472 e. The molecular formula is C83H136O17P2. The summed E-state index contributed by atoms with van der Waals surface area (Å²) in [6.45, 7) is 4.40. The van der Waals surface area contributed by atoms with Gasteiger partial charge >= 0.3 is 39.5 Å². The van der Waals surface area contributed by atoms with Gasteiger partial charge in [-0.2, -0.15) is 0 Å². The van der Waals surface area contributed by atoms with Gasteiger partial charge in [-0.1, -0.05) is 263 Å². The molecule has 0 aliphatic heterocycles. The largest absolute Gasteiger partial charge is 0.472 e. The first-order valence-corrected chi connectivity index (χ1v) is 41.7. The molecule has 0 saturated heterocycles. The van der Waals surface area contributed by atoms with E-state index in [1.54, 1.807) is 0 Å². The number of esters is 4. The summed E-state index contributed by atoms with van der Waals surface area (Å²) in [7, 11) is -10.0. The predicted octanol–water partition coefficient (Wildman–Crippen LogP) is 22.4. The molecule has 17 nitrogen and oxygen atoms in total. The minimum atomic E-state index is -5.00. The summed E-state index contributed by atoms with van der Waals surface area (Å²) in [6.07, 6.45) is 85.3. The lowest BCUT2D eigenvalue weighted by atomic mass is 10.1. The van der Waals surface area contributed by atoms with Gasteiger partial charge in [0.2, 0.25) is 0 Å². The third-order valence-corrected chi connectivity index (χ3v) is 17.3. The van der Waals surface area contributed by atoms with E-state index in [0.29, 0.717) is 38.5 Å². The van der Waals surface area contributed by atoms with Gasteiger partial charge in [0.05, 0.1) is 26.4 Å². The number of aliphatic hydroxyl groups excluding tert-OH is 1. The molecular weight excluding hydrogens is 1330 g/mol. The van der Waals surface area contributed by atoms with Crippen molar-refractivity contribution in [2.75, 3.05) is 39.6 Å². The summed E-state index contributed by atoms with van der Waals surface area (Å²) in [5.41, 5.74) is 0. The highest BCUT2D eigenvalue weighted by Crippen LogP contribution is 2.45. The minimum Gasteiger partial charge on any atom is -0.462 e. The maximum absolute atomic E-state index is 13.1. The zero-order valence-corrected chi connectivity index (χ0v) is 65.0. The third-order valence-electron chi connectivity index (χ3n) is 15.4. The van der Waals surface area contributed by atoms with Gasteiger partial charge in [0.15, 0.2) is 12.2 Å². The van der Waals surface area contributed by atoms with E-state index in [4.69, 9.17) is 37.0 Å². The van der Waals surface area contributed by atoms with Crippen LogP contribution in [0.25, 0.3) is 0 Å². The Bertz CT molecular complexity index is 2550. The van der Waals surface area contributed by atoms with Crippen LogP contribution in [-0.2, 0) is 65.4 Å². The number of hydrogen-bond donors (Lipinski definition) is 3. The summed E-state index contributed by atoms with van der Waals surface area (Å²) in [5.74, 6) is -2.35. The lowest BCUT2D eigenvalue weighted by molar-refractivity contribution is -0.161. The zero-order chi connectivity index (χ0) is 74.6. The molecule has 102 heavy (non-hydrogen) atoms. The van der Waals surface area contributed by atoms with Gasteiger partial charge in [-0.15, -0.1) is 0 Å². The van der Waals surface area contributed by atoms with Crippen LogP contribution in [0.4, 0.5) is 0 Å². The average Bonchev–Trinajstić information content (AvgIpc) is 0.908. The van der Waals surface area contributed by atoms with Crippen LogP contribution < -0.4 is 0 Å². The number of allylic oxidation sites excluding steroid dienone is 26. The Balaban J connectivity index is 5.47. The second kappa shape index (κ2) is 74.0. The standard InChI is InChI=1S/C83H136O17P2/c1-5-9-13-17-21-25-29-33-36-38-41-44-47-51-55-59-63-67-80(85)93-73-78(99-82(87)69-65-61-57-53-49-43-32-28-24-20-16-12-8-4)75-97-101(89,90)95-71-77(84)72-96-102(91,92)98-76-79(100-83(88)70-66-62-58-54-50-46-40-35-31-27-23-19-15-11-7-3)74-94-81(86)68-64-60-56-52-48-45-42-39-37-34-30-26-22-18-14-10-6-2/h9-10,13-14,16,20-22,25-26,28,32-37,40-42,44-45,51-52,55-56,77-79,84H,5-8,11-12,15,17-19,23-24,27,29-31,38-39,43,46-50,53-54,57-76H2,1-4H3,(H,89,90)(H,91,92)/b13-9-,14-10-,20-16-,25-21-,26-22-,32-28-,36-33-,37-34-,40-35-,44-41-,45-42-,55-51-,56-52-. The highest BCUT2D eigenvalue weighted by atomic mass is 31.2. The van der Waals surface area contributed by atoms with Crippen molar-refractivity contribution in [3.05, 3.63) is 158 Å². The number of unbranched alkanes of at least 4 members (excludes halogenated alkanes) is 19. The molecule has 19 heteroatoms. The molecule has 5 atom stereocenters. The van der Waals surface area contributed by atoms with Crippen LogP contribution in [0.2, 0.25) is 0 Å². The molecule has 0 spiro atoms. The fourth-order valence-electron chi connectivity index (χ4n) is 9.62. The molecule has 5 unspecified atom stereocenters. The summed E-state index contributed by atoms with van der Waals surface area (Å²) in [4.78, 5) is 72.9. The molecule has 0 aromatic heterocycles. The SMILES string of the molecule is CC/C=C\C/C=C\C/C=C\C/C=C\C/C=C\CCCC(=O)OCC(COP(=O)(O)OCC(O)COP(=O)(O)OCC(COC(=O)CCC/C=C\C/C=C\C/C=C\C/C=C\C/C=C\CC)OC(=O)CCCCCCC/C=C\CCCCCCCC)OC(=O)CCCCCCC/C=C\C/C=C\CCC. The zero-order valence-electron chi connectivity index (χ0n) is 63.2. The molecule has 580 valence electrons. The van der Waals surface area contributed by atoms with Gasteiger partial charge in [0.1, 0.15) is 19.3 Å². The van der Waals surface area contributed by atoms with Crippen molar-refractivity contribution < 1.29 is 80.2 Å². The van der Waals surface area contributed by atoms with Crippen LogP contribution in [0.3, 0.4) is 0 Å². The van der Waals surface area contributed by atoms with E-state index >= 15 is 0 Å². The quantitative estimate of drug-likeness (QED) is 0.0169. The molecule has 0 rings (SSSR count). The van der Waals surface area contributed by atoms with Crippen molar-refractivity contribution in [1.29, 1.82) is 0 Å². The van der Waals surface area contributed by atoms with Gasteiger partial charge in [-0.3, -0.25) is 37.3 Å². The van der Waals surface area contributed by atoms with Crippen LogP contribution in [-0.4, -0.2) is 96.7 Å². The Morgan fingerprint density at radius 1 is 0.284 bits per heavy atom. The summed E-state index contributed by atoms with van der Waals surface area (Å²) in [6, 6.07) is 0. The number of carbonyl (C=O) groups excluding carboxylic acids is 4. The molecule has 0 aromatic carbocycles. The molecule has 0 bridgehead atoms. The molecule has 0 saturated carbocycles. The summed E-state index contributed by atoms with van der Waals surface area (Å²) in [5, 5.41) is 10.6. The Morgan fingerprint density at radius 2 is 0.539 bits per heavy atom. The van der Waals surface area contributed by atoms with Gasteiger partial charge < -0.3 is 33.8 Å². The van der Waals surface area contributed by atoms with Crippen LogP contribution in [0, 0.1) is 0 Å². The topological polar surface area (TPSA) is 237 Å². The Hall–Kier alpha value is -5.32. The minimum absolute atomic E-state index is 0.0600. The van der Waals surface area contributed by atoms with Gasteiger partial charge in [0.25, 0.3) is 0 Å². The van der Waals surface area contributed by atoms with Gasteiger partial charge in [-0.05, 0) is 154 Å². The molecule has 0 aliphatic carbocycles.